The van der Waals surface area contributed by atoms with Crippen molar-refractivity contribution in [2.75, 3.05) is 12.8 Å². The van der Waals surface area contributed by atoms with E-state index in [1.807, 2.05) is 24.3 Å². The van der Waals surface area contributed by atoms with E-state index in [2.05, 4.69) is 5.10 Å². The molecule has 6 nitrogen and oxygen atoms in total. The van der Waals surface area contributed by atoms with Crippen molar-refractivity contribution in [3.05, 3.63) is 40.9 Å². The van der Waals surface area contributed by atoms with Gasteiger partial charge in [-0.05, 0) is 49.9 Å². The van der Waals surface area contributed by atoms with E-state index < -0.39 is 10.0 Å². The Kier molecular flexibility index (Phi) is 3.89. The summed E-state index contributed by atoms with van der Waals surface area (Å²) in [5, 5.41) is 5.33. The van der Waals surface area contributed by atoms with Crippen LogP contribution in [0.2, 0.25) is 5.02 Å². The van der Waals surface area contributed by atoms with Crippen LogP contribution in [0, 0.1) is 0 Å². The molecule has 0 amide bonds. The molecule has 1 aromatic heterocycles. The van der Waals surface area contributed by atoms with Gasteiger partial charge in [0.15, 0.2) is 11.6 Å². The number of hydrogen-bond acceptors (Lipinski definition) is 4. The average Bonchev–Trinajstić information content (AvgIpc) is 3.09. The molecule has 1 saturated heterocycles. The number of benzene rings is 1. The van der Waals surface area contributed by atoms with Crippen molar-refractivity contribution in [3.63, 3.8) is 0 Å². The maximum Gasteiger partial charge on any atom is 0.211 e. The van der Waals surface area contributed by atoms with Crippen LogP contribution in [0.25, 0.3) is 5.69 Å². The summed E-state index contributed by atoms with van der Waals surface area (Å²) in [6.07, 6.45) is 5.07. The fourth-order valence-corrected chi connectivity index (χ4v) is 4.49. The summed E-state index contributed by atoms with van der Waals surface area (Å²) in [6, 6.07) is 7.13. The van der Waals surface area contributed by atoms with Gasteiger partial charge in [0.05, 0.1) is 18.0 Å². The van der Waals surface area contributed by atoms with Crippen LogP contribution in [0.5, 0.6) is 0 Å². The normalized spacial score (nSPS) is 22.2. The Morgan fingerprint density at radius 1 is 1.17 bits per heavy atom. The van der Waals surface area contributed by atoms with Crippen LogP contribution < -0.4 is 0 Å². The van der Waals surface area contributed by atoms with Crippen molar-refractivity contribution >= 4 is 21.6 Å². The van der Waals surface area contributed by atoms with Gasteiger partial charge < -0.3 is 0 Å². The third-order valence-corrected chi connectivity index (χ3v) is 6.13. The van der Waals surface area contributed by atoms with Gasteiger partial charge in [0, 0.05) is 17.5 Å². The predicted molar refractivity (Wildman–Crippen MR) is 91.9 cm³/mol. The molecule has 24 heavy (non-hydrogen) atoms. The molecule has 2 heterocycles. The highest BCUT2D eigenvalue weighted by molar-refractivity contribution is 7.88. The zero-order valence-corrected chi connectivity index (χ0v) is 15.0. The number of aromatic nitrogens is 3. The van der Waals surface area contributed by atoms with E-state index in [1.165, 1.54) is 6.26 Å². The summed E-state index contributed by atoms with van der Waals surface area (Å²) in [6.45, 7) is 0.537. The minimum absolute atomic E-state index is 0.254. The van der Waals surface area contributed by atoms with Crippen LogP contribution in [0.1, 0.15) is 49.3 Å². The maximum absolute atomic E-state index is 12.1. The predicted octanol–water partition coefficient (Wildman–Crippen LogP) is 2.89. The van der Waals surface area contributed by atoms with Crippen LogP contribution in [0.15, 0.2) is 24.3 Å². The van der Waals surface area contributed by atoms with E-state index in [4.69, 9.17) is 16.6 Å². The first-order chi connectivity index (χ1) is 11.4. The Bertz CT molecular complexity index is 859. The second-order valence-electron chi connectivity index (χ2n) is 6.52. The van der Waals surface area contributed by atoms with Gasteiger partial charge in [0.25, 0.3) is 0 Å². The Morgan fingerprint density at radius 2 is 1.88 bits per heavy atom. The van der Waals surface area contributed by atoms with E-state index in [0.29, 0.717) is 23.3 Å². The zero-order chi connectivity index (χ0) is 16.9. The van der Waals surface area contributed by atoms with E-state index in [1.54, 1.807) is 8.99 Å². The highest BCUT2D eigenvalue weighted by Gasteiger charge is 2.38. The summed E-state index contributed by atoms with van der Waals surface area (Å²) in [4.78, 5) is 4.73. The minimum Gasteiger partial charge on any atom is -0.216 e. The standard InChI is InChI=1S/C16H19ClN4O2S/c1-24(22,23)20-10-2-3-14(20)16-18-15(11-4-5-11)19-21(16)13-8-6-12(17)7-9-13/h6-9,11,14H,2-5,10H2,1H3. The van der Waals surface area contributed by atoms with E-state index in [9.17, 15) is 8.42 Å². The van der Waals surface area contributed by atoms with Gasteiger partial charge in [0.2, 0.25) is 10.0 Å². The number of nitrogens with zero attached hydrogens (tertiary/aromatic N) is 4. The lowest BCUT2D eigenvalue weighted by Gasteiger charge is -2.21. The van der Waals surface area contributed by atoms with Gasteiger partial charge in [0.1, 0.15) is 0 Å². The lowest BCUT2D eigenvalue weighted by Crippen LogP contribution is -2.31. The number of halogens is 1. The summed E-state index contributed by atoms with van der Waals surface area (Å²) < 4.78 is 27.6. The van der Waals surface area contributed by atoms with E-state index in [0.717, 1.165) is 37.2 Å². The molecule has 0 bridgehead atoms. The molecule has 1 saturated carbocycles. The van der Waals surface area contributed by atoms with E-state index in [-0.39, 0.29) is 6.04 Å². The summed E-state index contributed by atoms with van der Waals surface area (Å²) >= 11 is 5.98. The fraction of sp³-hybridized carbons (Fsp3) is 0.500. The van der Waals surface area contributed by atoms with Gasteiger partial charge in [-0.25, -0.2) is 18.1 Å². The van der Waals surface area contributed by atoms with Crippen molar-refractivity contribution in [3.8, 4) is 5.69 Å². The first kappa shape index (κ1) is 16.1. The van der Waals surface area contributed by atoms with Gasteiger partial charge in [-0.1, -0.05) is 11.6 Å². The largest absolute Gasteiger partial charge is 0.216 e. The maximum atomic E-state index is 12.1. The number of rotatable bonds is 4. The molecule has 0 spiro atoms. The molecule has 1 atom stereocenters. The first-order valence-electron chi connectivity index (χ1n) is 8.13. The molecule has 128 valence electrons. The van der Waals surface area contributed by atoms with E-state index >= 15 is 0 Å². The van der Waals surface area contributed by atoms with Crippen LogP contribution in [-0.4, -0.2) is 40.3 Å². The molecular weight excluding hydrogens is 348 g/mol. The lowest BCUT2D eigenvalue weighted by atomic mass is 10.2. The highest BCUT2D eigenvalue weighted by atomic mass is 35.5. The van der Waals surface area contributed by atoms with Crippen molar-refractivity contribution in [1.29, 1.82) is 0 Å². The number of sulfonamides is 1. The molecule has 4 rings (SSSR count). The van der Waals surface area contributed by atoms with Crippen molar-refractivity contribution in [2.45, 2.75) is 37.6 Å². The molecule has 8 heteroatoms. The fourth-order valence-electron chi connectivity index (χ4n) is 3.24. The van der Waals surface area contributed by atoms with Crippen molar-refractivity contribution < 1.29 is 8.42 Å². The molecule has 0 N–H and O–H groups in total. The van der Waals surface area contributed by atoms with Crippen LogP contribution in [0.3, 0.4) is 0 Å². The first-order valence-corrected chi connectivity index (χ1v) is 10.4. The van der Waals surface area contributed by atoms with Crippen molar-refractivity contribution in [2.24, 2.45) is 0 Å². The smallest absolute Gasteiger partial charge is 0.211 e. The SMILES string of the molecule is CS(=O)(=O)N1CCCC1c1nc(C2CC2)nn1-c1ccc(Cl)cc1. The third-order valence-electron chi connectivity index (χ3n) is 4.59. The zero-order valence-electron chi connectivity index (χ0n) is 13.4. The van der Waals surface area contributed by atoms with Gasteiger partial charge in [-0.15, -0.1) is 0 Å². The Hall–Kier alpha value is -1.44. The molecular formula is C16H19ClN4O2S. The molecule has 1 aliphatic heterocycles. The van der Waals surface area contributed by atoms with Crippen LogP contribution >= 0.6 is 11.6 Å². The van der Waals surface area contributed by atoms with Gasteiger partial charge in [-0.3, -0.25) is 0 Å². The topological polar surface area (TPSA) is 68.1 Å². The monoisotopic (exact) mass is 366 g/mol. The second kappa shape index (κ2) is 5.82. The molecule has 2 aliphatic rings. The minimum atomic E-state index is -3.27. The summed E-state index contributed by atoms with van der Waals surface area (Å²) in [5.41, 5.74) is 0.856. The molecule has 1 unspecified atom stereocenters. The number of hydrogen-bond donors (Lipinski definition) is 0. The lowest BCUT2D eigenvalue weighted by molar-refractivity contribution is 0.381. The summed E-state index contributed by atoms with van der Waals surface area (Å²) in [5.74, 6) is 1.94. The second-order valence-corrected chi connectivity index (χ2v) is 8.89. The average molecular weight is 367 g/mol. The van der Waals surface area contributed by atoms with Gasteiger partial charge in [-0.2, -0.15) is 9.40 Å². The summed E-state index contributed by atoms with van der Waals surface area (Å²) in [7, 11) is -3.27. The van der Waals surface area contributed by atoms with Crippen molar-refractivity contribution in [1.82, 2.24) is 19.1 Å². The quantitative estimate of drug-likeness (QED) is 0.834. The molecule has 0 radical (unpaired) electrons. The van der Waals surface area contributed by atoms with Crippen LogP contribution in [-0.2, 0) is 10.0 Å². The van der Waals surface area contributed by atoms with Crippen LogP contribution in [0.4, 0.5) is 0 Å². The molecule has 2 aromatic rings. The van der Waals surface area contributed by atoms with Gasteiger partial charge >= 0.3 is 0 Å². The third kappa shape index (κ3) is 2.96. The Balaban J connectivity index is 1.80. The molecule has 2 fully saturated rings. The Labute approximate surface area is 146 Å². The highest BCUT2D eigenvalue weighted by Crippen LogP contribution is 2.40. The molecule has 1 aromatic carbocycles. The molecule has 1 aliphatic carbocycles. The Morgan fingerprint density at radius 3 is 2.50 bits per heavy atom.